The van der Waals surface area contributed by atoms with Crippen molar-refractivity contribution in [3.05, 3.63) is 29.8 Å². The Morgan fingerprint density at radius 2 is 1.56 bits per heavy atom. The number of carbonyl (C=O) groups is 3. The molecule has 0 spiro atoms. The number of nitrogens with zero attached hydrogens (tertiary/aromatic N) is 1. The molecule has 0 saturated heterocycles. The summed E-state index contributed by atoms with van der Waals surface area (Å²) in [7, 11) is 0. The Kier molecular flexibility index (Phi) is 8.97. The Balaban J connectivity index is 2.38. The summed E-state index contributed by atoms with van der Waals surface area (Å²) in [6, 6.07) is 4.52. The summed E-state index contributed by atoms with van der Waals surface area (Å²) in [6.07, 6.45) is 4.41. The molecule has 0 aromatic heterocycles. The van der Waals surface area contributed by atoms with E-state index in [0.29, 0.717) is 5.56 Å². The van der Waals surface area contributed by atoms with Gasteiger partial charge in [0, 0.05) is 11.6 Å². The van der Waals surface area contributed by atoms with E-state index < -0.39 is 35.2 Å². The van der Waals surface area contributed by atoms with Crippen LogP contribution in [0.4, 0.5) is 4.79 Å². The lowest BCUT2D eigenvalue weighted by molar-refractivity contribution is -0.148. The van der Waals surface area contributed by atoms with Gasteiger partial charge in [0.1, 0.15) is 23.4 Å². The maximum atomic E-state index is 13.7. The van der Waals surface area contributed by atoms with Crippen LogP contribution in [0.3, 0.4) is 0 Å². The second-order valence-electron chi connectivity index (χ2n) is 11.1. The molecule has 1 fully saturated rings. The molecule has 3 N–H and O–H groups in total. The molecule has 1 aromatic carbocycles. The first-order valence-electron chi connectivity index (χ1n) is 12.1. The van der Waals surface area contributed by atoms with Gasteiger partial charge in [0.25, 0.3) is 0 Å². The summed E-state index contributed by atoms with van der Waals surface area (Å²) in [5.74, 6) is -0.607. The Bertz CT molecular complexity index is 849. The quantitative estimate of drug-likeness (QED) is 0.564. The fourth-order valence-corrected chi connectivity index (χ4v) is 4.20. The molecule has 1 saturated carbocycles. The van der Waals surface area contributed by atoms with Crippen LogP contribution in [0.1, 0.15) is 92.2 Å². The number of carbonyl (C=O) groups excluding carboxylic acids is 3. The van der Waals surface area contributed by atoms with Gasteiger partial charge in [-0.2, -0.15) is 0 Å². The zero-order chi connectivity index (χ0) is 25.7. The zero-order valence-electron chi connectivity index (χ0n) is 21.6. The molecular formula is C26H41N3O5. The summed E-state index contributed by atoms with van der Waals surface area (Å²) in [6.45, 7) is 12.4. The van der Waals surface area contributed by atoms with Crippen molar-refractivity contribution < 1.29 is 24.2 Å². The first kappa shape index (κ1) is 27.5. The van der Waals surface area contributed by atoms with Crippen LogP contribution in [0.2, 0.25) is 0 Å². The van der Waals surface area contributed by atoms with Gasteiger partial charge in [0.15, 0.2) is 0 Å². The van der Waals surface area contributed by atoms with Crippen LogP contribution in [0, 0.1) is 0 Å². The van der Waals surface area contributed by atoms with Gasteiger partial charge in [-0.05, 0) is 79.0 Å². The number of benzene rings is 1. The minimum absolute atomic E-state index is 0.0649. The number of amides is 3. The minimum Gasteiger partial charge on any atom is -0.508 e. The number of nitrogens with one attached hydrogen (secondary N) is 2. The maximum absolute atomic E-state index is 13.7. The van der Waals surface area contributed by atoms with E-state index in [1.165, 1.54) is 17.0 Å². The molecule has 8 heteroatoms. The van der Waals surface area contributed by atoms with E-state index in [1.54, 1.807) is 39.8 Å². The SMILES string of the molecule is CC(NC(=O)OC(C)(C)C)C(=O)N(C(C(=O)NC1CCCCC1)c1ccc(O)cc1)C(C)(C)C. The van der Waals surface area contributed by atoms with E-state index in [-0.39, 0.29) is 17.7 Å². The van der Waals surface area contributed by atoms with Crippen LogP contribution in [0.25, 0.3) is 0 Å². The van der Waals surface area contributed by atoms with Crippen LogP contribution < -0.4 is 10.6 Å². The molecule has 2 unspecified atom stereocenters. The highest BCUT2D eigenvalue weighted by Crippen LogP contribution is 2.31. The number of hydrogen-bond acceptors (Lipinski definition) is 5. The Labute approximate surface area is 203 Å². The van der Waals surface area contributed by atoms with Gasteiger partial charge in [-0.15, -0.1) is 0 Å². The van der Waals surface area contributed by atoms with Crippen molar-refractivity contribution in [1.29, 1.82) is 0 Å². The molecular weight excluding hydrogens is 434 g/mol. The third kappa shape index (κ3) is 7.92. The average molecular weight is 476 g/mol. The van der Waals surface area contributed by atoms with E-state index in [9.17, 15) is 19.5 Å². The van der Waals surface area contributed by atoms with Crippen molar-refractivity contribution in [3.8, 4) is 5.75 Å². The smallest absolute Gasteiger partial charge is 0.408 e. The van der Waals surface area contributed by atoms with Crippen molar-refractivity contribution in [2.45, 2.75) is 110 Å². The second-order valence-corrected chi connectivity index (χ2v) is 11.1. The van der Waals surface area contributed by atoms with Crippen molar-refractivity contribution in [2.75, 3.05) is 0 Å². The summed E-state index contributed by atoms with van der Waals surface area (Å²) < 4.78 is 5.30. The lowest BCUT2D eigenvalue weighted by atomic mass is 9.93. The monoisotopic (exact) mass is 475 g/mol. The van der Waals surface area contributed by atoms with Gasteiger partial charge < -0.3 is 25.4 Å². The standard InChI is InChI=1S/C26H41N3O5/c1-17(27-24(33)34-26(5,6)7)23(32)29(25(2,3)4)21(18-13-15-20(30)16-14-18)22(31)28-19-11-9-8-10-12-19/h13-17,19,21,30H,8-12H2,1-7H3,(H,27,33)(H,28,31). The van der Waals surface area contributed by atoms with Crippen molar-refractivity contribution in [1.82, 2.24) is 15.5 Å². The zero-order valence-corrected chi connectivity index (χ0v) is 21.6. The van der Waals surface area contributed by atoms with E-state index in [1.807, 2.05) is 20.8 Å². The average Bonchev–Trinajstić information content (AvgIpc) is 2.70. The summed E-state index contributed by atoms with van der Waals surface area (Å²) in [5, 5.41) is 15.5. The largest absolute Gasteiger partial charge is 0.508 e. The highest BCUT2D eigenvalue weighted by atomic mass is 16.6. The van der Waals surface area contributed by atoms with Crippen LogP contribution in [0.15, 0.2) is 24.3 Å². The molecule has 190 valence electrons. The molecule has 34 heavy (non-hydrogen) atoms. The first-order chi connectivity index (χ1) is 15.7. The number of phenols is 1. The first-order valence-corrected chi connectivity index (χ1v) is 12.1. The fourth-order valence-electron chi connectivity index (χ4n) is 4.20. The van der Waals surface area contributed by atoms with Gasteiger partial charge >= 0.3 is 6.09 Å². The van der Waals surface area contributed by atoms with Crippen LogP contribution in [-0.2, 0) is 14.3 Å². The van der Waals surface area contributed by atoms with Gasteiger partial charge in [-0.3, -0.25) is 9.59 Å². The van der Waals surface area contributed by atoms with E-state index in [0.717, 1.165) is 32.1 Å². The van der Waals surface area contributed by atoms with Crippen LogP contribution >= 0.6 is 0 Å². The summed E-state index contributed by atoms with van der Waals surface area (Å²) in [4.78, 5) is 41.2. The van der Waals surface area contributed by atoms with Gasteiger partial charge in [0.05, 0.1) is 0 Å². The Hall–Kier alpha value is -2.77. The molecule has 1 aliphatic carbocycles. The normalized spacial score (nSPS) is 16.8. The van der Waals surface area contributed by atoms with Gasteiger partial charge in [0.2, 0.25) is 11.8 Å². The topological polar surface area (TPSA) is 108 Å². The minimum atomic E-state index is -0.932. The van der Waals surface area contributed by atoms with Crippen LogP contribution in [0.5, 0.6) is 5.75 Å². The predicted molar refractivity (Wildman–Crippen MR) is 131 cm³/mol. The second kappa shape index (κ2) is 11.1. The fraction of sp³-hybridized carbons (Fsp3) is 0.654. The highest BCUT2D eigenvalue weighted by molar-refractivity contribution is 5.92. The third-order valence-electron chi connectivity index (χ3n) is 5.73. The molecule has 2 atom stereocenters. The van der Waals surface area contributed by atoms with E-state index in [2.05, 4.69) is 10.6 Å². The number of phenolic OH excluding ortho intramolecular Hbond substituents is 1. The molecule has 1 aromatic rings. The number of ether oxygens (including phenoxy) is 1. The summed E-state index contributed by atoms with van der Waals surface area (Å²) >= 11 is 0. The number of aromatic hydroxyl groups is 1. The van der Waals surface area contributed by atoms with Crippen molar-refractivity contribution in [3.63, 3.8) is 0 Å². The molecule has 1 aliphatic rings. The lowest BCUT2D eigenvalue weighted by Crippen LogP contribution is -2.58. The Morgan fingerprint density at radius 1 is 1.00 bits per heavy atom. The molecule has 3 amide bonds. The molecule has 2 rings (SSSR count). The maximum Gasteiger partial charge on any atom is 0.408 e. The van der Waals surface area contributed by atoms with Gasteiger partial charge in [-0.25, -0.2) is 4.79 Å². The summed E-state index contributed by atoms with van der Waals surface area (Å²) in [5.41, 5.74) is -0.864. The molecule has 0 heterocycles. The van der Waals surface area contributed by atoms with E-state index in [4.69, 9.17) is 4.74 Å². The van der Waals surface area contributed by atoms with E-state index >= 15 is 0 Å². The molecule has 8 nitrogen and oxygen atoms in total. The number of alkyl carbamates (subject to hydrolysis) is 1. The molecule has 0 aliphatic heterocycles. The molecule has 0 radical (unpaired) electrons. The number of hydrogen-bond donors (Lipinski definition) is 3. The van der Waals surface area contributed by atoms with Gasteiger partial charge in [-0.1, -0.05) is 31.4 Å². The lowest BCUT2D eigenvalue weighted by Gasteiger charge is -2.43. The predicted octanol–water partition coefficient (Wildman–Crippen LogP) is 4.42. The third-order valence-corrected chi connectivity index (χ3v) is 5.73. The molecule has 0 bridgehead atoms. The van der Waals surface area contributed by atoms with Crippen molar-refractivity contribution in [2.24, 2.45) is 0 Å². The highest BCUT2D eigenvalue weighted by Gasteiger charge is 2.41. The van der Waals surface area contributed by atoms with Crippen LogP contribution in [-0.4, -0.2) is 51.1 Å². The Morgan fingerprint density at radius 3 is 2.06 bits per heavy atom. The van der Waals surface area contributed by atoms with Crippen molar-refractivity contribution >= 4 is 17.9 Å². The number of rotatable bonds is 6.